The van der Waals surface area contributed by atoms with Gasteiger partial charge in [0.2, 0.25) is 0 Å². The maximum Gasteiger partial charge on any atom is 0.0985 e. The Morgan fingerprint density at radius 2 is 2.30 bits per heavy atom. The molecule has 7 heteroatoms. The third-order valence-corrected chi connectivity index (χ3v) is 4.76. The first-order chi connectivity index (χ1) is 9.58. The van der Waals surface area contributed by atoms with Crippen molar-refractivity contribution in [3.8, 4) is 0 Å². The molecule has 3 N–H and O–H groups in total. The standard InChI is InChI=1S/C13H19ClN4OS/c1-8-6-11(20-9(8)2)12(17-15)13-10(14)7-16-18(13)4-5-19-3/h6-7,12,17H,4-5,15H2,1-3H3. The van der Waals surface area contributed by atoms with Crippen LogP contribution in [-0.4, -0.2) is 23.5 Å². The van der Waals surface area contributed by atoms with Gasteiger partial charge in [0.15, 0.2) is 0 Å². The van der Waals surface area contributed by atoms with Crippen LogP contribution in [0.25, 0.3) is 0 Å². The van der Waals surface area contributed by atoms with Crippen LogP contribution in [0.1, 0.15) is 27.1 Å². The van der Waals surface area contributed by atoms with Crippen LogP contribution in [0.2, 0.25) is 5.02 Å². The molecule has 0 aromatic carbocycles. The first kappa shape index (κ1) is 15.5. The largest absolute Gasteiger partial charge is 0.383 e. The molecule has 0 aliphatic heterocycles. The average Bonchev–Trinajstić information content (AvgIpc) is 2.94. The Kier molecular flexibility index (Phi) is 5.17. The number of thiophene rings is 1. The van der Waals surface area contributed by atoms with Crippen LogP contribution in [0.3, 0.4) is 0 Å². The Bertz CT molecular complexity index is 561. The summed E-state index contributed by atoms with van der Waals surface area (Å²) in [6.45, 7) is 5.40. The molecule has 0 aliphatic carbocycles. The van der Waals surface area contributed by atoms with Crippen molar-refractivity contribution < 1.29 is 4.74 Å². The van der Waals surface area contributed by atoms with Gasteiger partial charge in [-0.25, -0.2) is 5.43 Å². The van der Waals surface area contributed by atoms with E-state index in [-0.39, 0.29) is 6.04 Å². The minimum absolute atomic E-state index is 0.167. The highest BCUT2D eigenvalue weighted by molar-refractivity contribution is 7.12. The summed E-state index contributed by atoms with van der Waals surface area (Å²) in [5.74, 6) is 5.75. The Morgan fingerprint density at radius 1 is 1.55 bits per heavy atom. The van der Waals surface area contributed by atoms with Crippen LogP contribution in [-0.2, 0) is 11.3 Å². The molecule has 0 spiro atoms. The van der Waals surface area contributed by atoms with Crippen molar-refractivity contribution in [2.24, 2.45) is 5.84 Å². The predicted octanol–water partition coefficient (Wildman–Crippen LogP) is 2.41. The molecule has 0 saturated carbocycles. The quantitative estimate of drug-likeness (QED) is 0.635. The van der Waals surface area contributed by atoms with Gasteiger partial charge in [-0.15, -0.1) is 11.3 Å². The predicted molar refractivity (Wildman–Crippen MR) is 82.1 cm³/mol. The van der Waals surface area contributed by atoms with E-state index in [1.165, 1.54) is 10.4 Å². The molecular formula is C13H19ClN4OS. The van der Waals surface area contributed by atoms with Gasteiger partial charge in [0.25, 0.3) is 0 Å². The van der Waals surface area contributed by atoms with Crippen LogP contribution < -0.4 is 11.3 Å². The highest BCUT2D eigenvalue weighted by Gasteiger charge is 2.23. The molecule has 0 radical (unpaired) electrons. The van der Waals surface area contributed by atoms with Crippen molar-refractivity contribution >= 4 is 22.9 Å². The lowest BCUT2D eigenvalue weighted by molar-refractivity contribution is 0.182. The molecule has 2 rings (SSSR count). The zero-order valence-electron chi connectivity index (χ0n) is 11.8. The normalized spacial score (nSPS) is 12.8. The van der Waals surface area contributed by atoms with E-state index in [4.69, 9.17) is 22.2 Å². The van der Waals surface area contributed by atoms with Gasteiger partial charge in [0.1, 0.15) is 0 Å². The molecule has 2 aromatic heterocycles. The number of hydrazine groups is 1. The lowest BCUT2D eigenvalue weighted by atomic mass is 10.1. The third-order valence-electron chi connectivity index (χ3n) is 3.25. The van der Waals surface area contributed by atoms with Crippen LogP contribution in [0.4, 0.5) is 0 Å². The number of nitrogens with two attached hydrogens (primary N) is 1. The topological polar surface area (TPSA) is 65.1 Å². The number of hydrogen-bond donors (Lipinski definition) is 2. The second kappa shape index (κ2) is 6.69. The molecule has 1 atom stereocenters. The van der Waals surface area contributed by atoms with E-state index in [1.54, 1.807) is 24.6 Å². The molecule has 0 bridgehead atoms. The van der Waals surface area contributed by atoms with Crippen LogP contribution in [0.15, 0.2) is 12.3 Å². The minimum Gasteiger partial charge on any atom is -0.383 e. The first-order valence-electron chi connectivity index (χ1n) is 6.31. The van der Waals surface area contributed by atoms with Gasteiger partial charge in [-0.3, -0.25) is 10.5 Å². The Hall–Kier alpha value is -0.920. The number of rotatable bonds is 6. The Labute approximate surface area is 127 Å². The molecule has 0 fully saturated rings. The van der Waals surface area contributed by atoms with E-state index in [9.17, 15) is 0 Å². The lowest BCUT2D eigenvalue weighted by Crippen LogP contribution is -2.30. The number of aromatic nitrogens is 2. The van der Waals surface area contributed by atoms with E-state index >= 15 is 0 Å². The van der Waals surface area contributed by atoms with E-state index in [2.05, 4.69) is 30.4 Å². The van der Waals surface area contributed by atoms with Crippen LogP contribution >= 0.6 is 22.9 Å². The maximum absolute atomic E-state index is 6.28. The van der Waals surface area contributed by atoms with Crippen molar-refractivity contribution in [1.29, 1.82) is 0 Å². The summed E-state index contributed by atoms with van der Waals surface area (Å²) in [6, 6.07) is 1.97. The monoisotopic (exact) mass is 314 g/mol. The van der Waals surface area contributed by atoms with Crippen LogP contribution in [0.5, 0.6) is 0 Å². The number of halogens is 1. The van der Waals surface area contributed by atoms with Crippen molar-refractivity contribution in [2.75, 3.05) is 13.7 Å². The summed E-state index contributed by atoms with van der Waals surface area (Å²) in [5.41, 5.74) is 4.97. The average molecular weight is 315 g/mol. The second-order valence-corrected chi connectivity index (χ2v) is 6.28. The fourth-order valence-corrected chi connectivity index (χ4v) is 3.41. The summed E-state index contributed by atoms with van der Waals surface area (Å²) in [7, 11) is 1.66. The molecule has 110 valence electrons. The van der Waals surface area contributed by atoms with E-state index < -0.39 is 0 Å². The maximum atomic E-state index is 6.28. The van der Waals surface area contributed by atoms with Gasteiger partial charge in [0, 0.05) is 16.9 Å². The second-order valence-electron chi connectivity index (χ2n) is 4.58. The number of nitrogens with one attached hydrogen (secondary N) is 1. The number of methoxy groups -OCH3 is 1. The summed E-state index contributed by atoms with van der Waals surface area (Å²) < 4.78 is 6.93. The number of nitrogens with zero attached hydrogens (tertiary/aromatic N) is 2. The van der Waals surface area contributed by atoms with Gasteiger partial charge in [-0.2, -0.15) is 5.10 Å². The highest BCUT2D eigenvalue weighted by atomic mass is 35.5. The molecule has 1 unspecified atom stereocenters. The number of hydrogen-bond acceptors (Lipinski definition) is 5. The van der Waals surface area contributed by atoms with Gasteiger partial charge < -0.3 is 4.74 Å². The summed E-state index contributed by atoms with van der Waals surface area (Å²) in [6.07, 6.45) is 1.64. The SMILES string of the molecule is COCCn1ncc(Cl)c1C(NN)c1cc(C)c(C)s1. The molecule has 20 heavy (non-hydrogen) atoms. The zero-order chi connectivity index (χ0) is 14.7. The van der Waals surface area contributed by atoms with Crippen molar-refractivity contribution in [1.82, 2.24) is 15.2 Å². The highest BCUT2D eigenvalue weighted by Crippen LogP contribution is 2.33. The summed E-state index contributed by atoms with van der Waals surface area (Å²) in [4.78, 5) is 2.41. The van der Waals surface area contributed by atoms with Crippen molar-refractivity contribution in [3.63, 3.8) is 0 Å². The molecule has 0 aliphatic rings. The number of ether oxygens (including phenoxy) is 1. The van der Waals surface area contributed by atoms with E-state index in [0.717, 1.165) is 10.6 Å². The molecular weight excluding hydrogens is 296 g/mol. The van der Waals surface area contributed by atoms with Crippen molar-refractivity contribution in [3.05, 3.63) is 38.3 Å². The third kappa shape index (κ3) is 3.05. The fourth-order valence-electron chi connectivity index (χ4n) is 2.05. The molecule has 0 saturated heterocycles. The van der Waals surface area contributed by atoms with E-state index in [0.29, 0.717) is 18.2 Å². The number of aryl methyl sites for hydroxylation is 2. The summed E-state index contributed by atoms with van der Waals surface area (Å²) >= 11 is 7.99. The Balaban J connectivity index is 2.38. The minimum atomic E-state index is -0.167. The smallest absolute Gasteiger partial charge is 0.0985 e. The van der Waals surface area contributed by atoms with Gasteiger partial charge in [-0.05, 0) is 25.5 Å². The Morgan fingerprint density at radius 3 is 2.85 bits per heavy atom. The zero-order valence-corrected chi connectivity index (χ0v) is 13.4. The molecule has 2 heterocycles. The van der Waals surface area contributed by atoms with Crippen molar-refractivity contribution in [2.45, 2.75) is 26.4 Å². The lowest BCUT2D eigenvalue weighted by Gasteiger charge is -2.17. The summed E-state index contributed by atoms with van der Waals surface area (Å²) in [5, 5.41) is 4.90. The van der Waals surface area contributed by atoms with Gasteiger partial charge in [-0.1, -0.05) is 11.6 Å². The molecule has 5 nitrogen and oxygen atoms in total. The van der Waals surface area contributed by atoms with Gasteiger partial charge in [0.05, 0.1) is 36.1 Å². The molecule has 0 amide bonds. The fraction of sp³-hybridized carbons (Fsp3) is 0.462. The van der Waals surface area contributed by atoms with E-state index in [1.807, 2.05) is 4.68 Å². The van der Waals surface area contributed by atoms with Gasteiger partial charge >= 0.3 is 0 Å². The first-order valence-corrected chi connectivity index (χ1v) is 7.51. The molecule has 2 aromatic rings. The van der Waals surface area contributed by atoms with Crippen LogP contribution in [0, 0.1) is 13.8 Å².